The average molecular weight is 505 g/mol. The van der Waals surface area contributed by atoms with Gasteiger partial charge in [0.05, 0.1) is 18.2 Å². The van der Waals surface area contributed by atoms with Crippen molar-refractivity contribution in [2.24, 2.45) is 0 Å². The van der Waals surface area contributed by atoms with E-state index in [2.05, 4.69) is 116 Å². The van der Waals surface area contributed by atoms with E-state index >= 15 is 0 Å². The Morgan fingerprint density at radius 1 is 0.526 bits per heavy atom. The molecule has 0 aliphatic carbocycles. The molecule has 1 unspecified atom stereocenters. The lowest BCUT2D eigenvalue weighted by molar-refractivity contribution is 0.642. The Morgan fingerprint density at radius 3 is 2.11 bits per heavy atom. The molecule has 9 rings (SSSR count). The van der Waals surface area contributed by atoms with Crippen molar-refractivity contribution in [2.45, 2.75) is 0 Å². The predicted molar refractivity (Wildman–Crippen MR) is 163 cm³/mol. The topological polar surface area (TPSA) is 13.1 Å². The third kappa shape index (κ3) is 2.55. The molecule has 0 spiro atoms. The average Bonchev–Trinajstić information content (AvgIpc) is 3.59. The third-order valence-electron chi connectivity index (χ3n) is 8.49. The van der Waals surface area contributed by atoms with E-state index in [-0.39, 0.29) is 0 Å². The van der Waals surface area contributed by atoms with E-state index in [1.807, 2.05) is 17.4 Å². The van der Waals surface area contributed by atoms with Crippen LogP contribution in [0.25, 0.3) is 64.0 Å². The van der Waals surface area contributed by atoms with Gasteiger partial charge in [-0.15, -0.1) is 11.3 Å². The summed E-state index contributed by atoms with van der Waals surface area (Å²) < 4.78 is 9.49. The fourth-order valence-electron chi connectivity index (χ4n) is 6.56. The van der Waals surface area contributed by atoms with Gasteiger partial charge in [-0.3, -0.25) is 0 Å². The fraction of sp³-hybridized carbons (Fsp3) is 0.0286. The molecule has 1 aliphatic rings. The molecule has 1 aliphatic heterocycles. The molecule has 0 saturated carbocycles. The Morgan fingerprint density at radius 2 is 1.21 bits per heavy atom. The lowest BCUT2D eigenvalue weighted by atomic mass is 10.0. The first-order chi connectivity index (χ1) is 18.7. The van der Waals surface area contributed by atoms with Gasteiger partial charge < -0.3 is 4.42 Å². The number of nitrogens with zero attached hydrogens (tertiary/aromatic N) is 1. The first-order valence-corrected chi connectivity index (χ1v) is 13.8. The summed E-state index contributed by atoms with van der Waals surface area (Å²) in [7, 11) is 2.35. The van der Waals surface area contributed by atoms with Crippen molar-refractivity contribution in [2.75, 3.05) is 7.05 Å². The fourth-order valence-corrected chi connectivity index (χ4v) is 7.69. The van der Waals surface area contributed by atoms with E-state index in [1.54, 1.807) is 0 Å². The highest BCUT2D eigenvalue weighted by atomic mass is 32.1. The van der Waals surface area contributed by atoms with E-state index in [0.717, 1.165) is 21.9 Å². The van der Waals surface area contributed by atoms with E-state index < -0.39 is 0 Å². The van der Waals surface area contributed by atoms with Crippen molar-refractivity contribution >= 4 is 81.3 Å². The number of hydrogen-bond acceptors (Lipinski definition) is 2. The number of hydrogen-bond donors (Lipinski definition) is 0. The molecule has 3 heterocycles. The van der Waals surface area contributed by atoms with Gasteiger partial charge in [0.15, 0.2) is 11.4 Å². The summed E-state index contributed by atoms with van der Waals surface area (Å²) in [6.45, 7) is 0. The smallest absolute Gasteiger partial charge is 0.151 e. The largest absolute Gasteiger partial charge is 0.456 e. The highest BCUT2D eigenvalue weighted by molar-refractivity contribution is 7.25. The number of fused-ring (bicyclic) bond motifs is 10. The zero-order valence-electron chi connectivity index (χ0n) is 20.7. The van der Waals surface area contributed by atoms with Gasteiger partial charge in [-0.2, -0.15) is 0 Å². The summed E-state index contributed by atoms with van der Waals surface area (Å²) in [5.41, 5.74) is 8.37. The van der Waals surface area contributed by atoms with Crippen molar-refractivity contribution in [1.82, 2.24) is 4.48 Å². The molecule has 0 radical (unpaired) electrons. The van der Waals surface area contributed by atoms with E-state index in [4.69, 9.17) is 4.42 Å². The molecule has 38 heavy (non-hydrogen) atoms. The van der Waals surface area contributed by atoms with Crippen LogP contribution in [0.4, 0.5) is 17.1 Å². The SMILES string of the molecule is C[N+]1(c2ccc3oc4ccccc4c3c2)c2cc3ccccc3cc2-c2cc3sc4ccccc4c3cc21. The van der Waals surface area contributed by atoms with Gasteiger partial charge in [0.2, 0.25) is 0 Å². The maximum atomic E-state index is 6.19. The number of para-hydroxylation sites is 1. The molecule has 2 aromatic heterocycles. The molecule has 2 nitrogen and oxygen atoms in total. The molecule has 0 amide bonds. The molecule has 0 fully saturated rings. The monoisotopic (exact) mass is 504 g/mol. The summed E-state index contributed by atoms with van der Waals surface area (Å²) >= 11 is 1.89. The van der Waals surface area contributed by atoms with Gasteiger partial charge in [0.25, 0.3) is 0 Å². The predicted octanol–water partition coefficient (Wildman–Crippen LogP) is 10.7. The van der Waals surface area contributed by atoms with Crippen LogP contribution >= 0.6 is 11.3 Å². The molecular weight excluding hydrogens is 482 g/mol. The van der Waals surface area contributed by atoms with Crippen molar-refractivity contribution in [3.8, 4) is 11.1 Å². The Bertz CT molecular complexity index is 2270. The van der Waals surface area contributed by atoms with Gasteiger partial charge in [0.1, 0.15) is 16.9 Å². The van der Waals surface area contributed by atoms with Gasteiger partial charge in [0, 0.05) is 55.2 Å². The third-order valence-corrected chi connectivity index (χ3v) is 9.62. The van der Waals surface area contributed by atoms with Crippen LogP contribution in [-0.2, 0) is 0 Å². The first kappa shape index (κ1) is 20.6. The summed E-state index contributed by atoms with van der Waals surface area (Å²) in [5, 5.41) is 7.53. The molecule has 6 aromatic carbocycles. The number of benzene rings is 6. The van der Waals surface area contributed by atoms with E-state index in [9.17, 15) is 0 Å². The summed E-state index contributed by atoms with van der Waals surface area (Å²) in [6.07, 6.45) is 0. The zero-order chi connectivity index (χ0) is 25.0. The molecule has 3 heteroatoms. The zero-order valence-corrected chi connectivity index (χ0v) is 21.5. The summed E-state index contributed by atoms with van der Waals surface area (Å²) in [5.74, 6) is 0. The minimum Gasteiger partial charge on any atom is -0.456 e. The Kier molecular flexibility index (Phi) is 3.85. The highest BCUT2D eigenvalue weighted by Gasteiger charge is 2.43. The maximum absolute atomic E-state index is 6.19. The van der Waals surface area contributed by atoms with Crippen LogP contribution in [0.5, 0.6) is 0 Å². The Balaban J connectivity index is 1.41. The number of quaternary nitrogens is 1. The van der Waals surface area contributed by atoms with Crippen LogP contribution in [0, 0.1) is 0 Å². The van der Waals surface area contributed by atoms with Crippen LogP contribution in [0.2, 0.25) is 0 Å². The van der Waals surface area contributed by atoms with Gasteiger partial charge in [-0.05, 0) is 41.1 Å². The van der Waals surface area contributed by atoms with Gasteiger partial charge in [-0.1, -0.05) is 60.7 Å². The molecular formula is C35H22NOS+. The van der Waals surface area contributed by atoms with Crippen molar-refractivity contribution in [3.63, 3.8) is 0 Å². The van der Waals surface area contributed by atoms with Gasteiger partial charge >= 0.3 is 0 Å². The minimum atomic E-state index is 0.616. The number of thiophene rings is 1. The second kappa shape index (κ2) is 7.11. The maximum Gasteiger partial charge on any atom is 0.151 e. The second-order valence-electron chi connectivity index (χ2n) is 10.5. The summed E-state index contributed by atoms with van der Waals surface area (Å²) in [6, 6.07) is 42.2. The Labute approximate surface area is 223 Å². The van der Waals surface area contributed by atoms with Crippen LogP contribution < -0.4 is 4.48 Å². The molecule has 178 valence electrons. The lowest BCUT2D eigenvalue weighted by Gasteiger charge is -2.30. The Hall–Kier alpha value is -4.44. The van der Waals surface area contributed by atoms with Crippen molar-refractivity contribution in [1.29, 1.82) is 0 Å². The standard InChI is InChI=1S/C35H22NOS/c1-36(23-14-15-33-28(18-23)24-10-4-6-12-32(24)37-33)30-17-22-9-3-2-8-21(22)16-26(30)27-20-35-29(19-31(27)36)25-11-5-7-13-34(25)38-35/h2-20H,1H3/q+1. The molecule has 0 N–H and O–H groups in total. The normalized spacial score (nSPS) is 16.7. The molecule has 1 atom stereocenters. The minimum absolute atomic E-state index is 0.616. The van der Waals surface area contributed by atoms with E-state index in [1.165, 1.54) is 59.1 Å². The number of furan rings is 1. The van der Waals surface area contributed by atoms with Crippen LogP contribution in [-0.4, -0.2) is 7.05 Å². The quantitative estimate of drug-likeness (QED) is 0.203. The molecule has 8 aromatic rings. The van der Waals surface area contributed by atoms with Crippen molar-refractivity contribution in [3.05, 3.63) is 115 Å². The van der Waals surface area contributed by atoms with Crippen LogP contribution in [0.15, 0.2) is 120 Å². The lowest BCUT2D eigenvalue weighted by Crippen LogP contribution is -2.31. The number of rotatable bonds is 1. The van der Waals surface area contributed by atoms with Crippen LogP contribution in [0.3, 0.4) is 0 Å². The molecule has 0 bridgehead atoms. The molecule has 0 saturated heterocycles. The highest BCUT2D eigenvalue weighted by Crippen LogP contribution is 2.59. The van der Waals surface area contributed by atoms with Crippen LogP contribution in [0.1, 0.15) is 0 Å². The summed E-state index contributed by atoms with van der Waals surface area (Å²) in [4.78, 5) is 0. The van der Waals surface area contributed by atoms with Crippen molar-refractivity contribution < 1.29 is 4.42 Å². The first-order valence-electron chi connectivity index (χ1n) is 13.0. The second-order valence-corrected chi connectivity index (χ2v) is 11.5. The van der Waals surface area contributed by atoms with Gasteiger partial charge in [-0.25, -0.2) is 4.48 Å². The van der Waals surface area contributed by atoms with E-state index in [0.29, 0.717) is 4.48 Å².